The Hall–Kier alpha value is -3.35. The van der Waals surface area contributed by atoms with Crippen molar-refractivity contribution >= 4 is 18.0 Å². The molecule has 5 rings (SSSR count). The number of nitrogens with zero attached hydrogens (tertiary/aromatic N) is 1. The number of carbonyl (C=O) groups is 3. The van der Waals surface area contributed by atoms with E-state index in [0.717, 1.165) is 30.4 Å². The second-order valence-electron chi connectivity index (χ2n) is 10.1. The van der Waals surface area contributed by atoms with Gasteiger partial charge in [0, 0.05) is 24.4 Å². The molecule has 0 aromatic heterocycles. The molecule has 2 N–H and O–H groups in total. The Labute approximate surface area is 205 Å². The molecule has 4 atom stereocenters. The fourth-order valence-corrected chi connectivity index (χ4v) is 6.16. The topological polar surface area (TPSA) is 95.9 Å². The van der Waals surface area contributed by atoms with E-state index < -0.39 is 18.1 Å². The molecule has 2 aromatic carbocycles. The molecule has 0 bridgehead atoms. The summed E-state index contributed by atoms with van der Waals surface area (Å²) < 4.78 is 5.68. The Morgan fingerprint density at radius 1 is 1.00 bits per heavy atom. The molecular formula is C28H32N2O5. The third-order valence-electron chi connectivity index (χ3n) is 7.93. The van der Waals surface area contributed by atoms with E-state index in [-0.39, 0.29) is 36.3 Å². The van der Waals surface area contributed by atoms with Crippen LogP contribution >= 0.6 is 0 Å². The molecule has 184 valence electrons. The van der Waals surface area contributed by atoms with Crippen molar-refractivity contribution in [3.8, 4) is 11.1 Å². The van der Waals surface area contributed by atoms with Gasteiger partial charge in [-0.2, -0.15) is 0 Å². The molecule has 7 nitrogen and oxygen atoms in total. The molecule has 2 unspecified atom stereocenters. The number of hydrogen-bond donors (Lipinski definition) is 2. The number of amides is 2. The van der Waals surface area contributed by atoms with Gasteiger partial charge >= 0.3 is 12.1 Å². The summed E-state index contributed by atoms with van der Waals surface area (Å²) in [5, 5.41) is 12.5. The number of nitrogens with one attached hydrogen (secondary N) is 1. The summed E-state index contributed by atoms with van der Waals surface area (Å²) in [6.07, 6.45) is 3.07. The summed E-state index contributed by atoms with van der Waals surface area (Å²) in [5.41, 5.74) is 4.69. The van der Waals surface area contributed by atoms with E-state index in [1.165, 1.54) is 16.0 Å². The molecule has 0 spiro atoms. The molecule has 2 amide bonds. The molecular weight excluding hydrogens is 444 g/mol. The van der Waals surface area contributed by atoms with Crippen molar-refractivity contribution in [3.63, 3.8) is 0 Å². The summed E-state index contributed by atoms with van der Waals surface area (Å²) in [7, 11) is 0. The molecule has 35 heavy (non-hydrogen) atoms. The predicted molar refractivity (Wildman–Crippen MR) is 131 cm³/mol. The van der Waals surface area contributed by atoms with Crippen molar-refractivity contribution < 1.29 is 24.2 Å². The monoisotopic (exact) mass is 476 g/mol. The minimum absolute atomic E-state index is 0.000981. The molecule has 2 aliphatic carbocycles. The number of carboxylic acids is 1. The zero-order valence-electron chi connectivity index (χ0n) is 20.0. The summed E-state index contributed by atoms with van der Waals surface area (Å²) >= 11 is 0. The quantitative estimate of drug-likeness (QED) is 0.667. The number of ether oxygens (including phenoxy) is 1. The van der Waals surface area contributed by atoms with Crippen molar-refractivity contribution in [3.05, 3.63) is 59.7 Å². The summed E-state index contributed by atoms with van der Waals surface area (Å²) in [6.45, 7) is 2.62. The second-order valence-corrected chi connectivity index (χ2v) is 10.1. The summed E-state index contributed by atoms with van der Waals surface area (Å²) in [6, 6.07) is 15.5. The molecule has 2 aromatic rings. The first-order valence-corrected chi connectivity index (χ1v) is 12.6. The highest BCUT2D eigenvalue weighted by molar-refractivity contribution is 5.86. The van der Waals surface area contributed by atoms with Crippen LogP contribution in [0.25, 0.3) is 11.1 Å². The average Bonchev–Trinajstić information content (AvgIpc) is 3.40. The largest absolute Gasteiger partial charge is 0.480 e. The third-order valence-corrected chi connectivity index (χ3v) is 7.93. The van der Waals surface area contributed by atoms with E-state index in [4.69, 9.17) is 4.74 Å². The van der Waals surface area contributed by atoms with E-state index in [0.29, 0.717) is 19.4 Å². The highest BCUT2D eigenvalue weighted by Crippen LogP contribution is 2.44. The van der Waals surface area contributed by atoms with Crippen LogP contribution in [0.5, 0.6) is 0 Å². The Morgan fingerprint density at radius 2 is 1.66 bits per heavy atom. The number of rotatable bonds is 5. The number of aliphatic carboxylic acids is 1. The molecule has 3 aliphatic rings. The van der Waals surface area contributed by atoms with E-state index >= 15 is 0 Å². The number of likely N-dealkylation sites (tertiary alicyclic amines) is 1. The van der Waals surface area contributed by atoms with E-state index in [1.807, 2.05) is 31.2 Å². The number of benzene rings is 2. The number of alkyl carbamates (subject to hydrolysis) is 1. The lowest BCUT2D eigenvalue weighted by molar-refractivity contribution is -0.151. The van der Waals surface area contributed by atoms with Crippen LogP contribution in [0.2, 0.25) is 0 Å². The zero-order chi connectivity index (χ0) is 24.5. The summed E-state index contributed by atoms with van der Waals surface area (Å²) in [5.74, 6) is -1.35. The van der Waals surface area contributed by atoms with Gasteiger partial charge in [0.2, 0.25) is 5.91 Å². The first-order valence-electron chi connectivity index (χ1n) is 12.6. The smallest absolute Gasteiger partial charge is 0.407 e. The maximum atomic E-state index is 13.1. The Morgan fingerprint density at radius 3 is 2.31 bits per heavy atom. The fourth-order valence-electron chi connectivity index (χ4n) is 6.16. The van der Waals surface area contributed by atoms with Crippen LogP contribution in [0.1, 0.15) is 56.1 Å². The second kappa shape index (κ2) is 9.72. The fraction of sp³-hybridized carbons (Fsp3) is 0.464. The number of carbonyl (C=O) groups excluding carboxylic acids is 2. The maximum absolute atomic E-state index is 13.1. The Kier molecular flexibility index (Phi) is 6.50. The SMILES string of the molecule is CC1CCN(C(=O)[C@H]2CCC[C@@H](NC(=O)OCC3c4ccccc4-c4ccccc43)C2)C1C(=O)O. The van der Waals surface area contributed by atoms with E-state index in [2.05, 4.69) is 29.6 Å². The highest BCUT2D eigenvalue weighted by atomic mass is 16.5. The van der Waals surface area contributed by atoms with Gasteiger partial charge in [-0.3, -0.25) is 4.79 Å². The normalized spacial score (nSPS) is 25.6. The van der Waals surface area contributed by atoms with Gasteiger partial charge in [0.1, 0.15) is 12.6 Å². The van der Waals surface area contributed by atoms with Crippen LogP contribution in [0.4, 0.5) is 4.79 Å². The van der Waals surface area contributed by atoms with Gasteiger partial charge in [-0.15, -0.1) is 0 Å². The van der Waals surface area contributed by atoms with Crippen LogP contribution in [-0.2, 0) is 14.3 Å². The molecule has 0 radical (unpaired) electrons. The molecule has 1 aliphatic heterocycles. The van der Waals surface area contributed by atoms with E-state index in [9.17, 15) is 19.5 Å². The van der Waals surface area contributed by atoms with Crippen molar-refractivity contribution in [1.29, 1.82) is 0 Å². The van der Waals surface area contributed by atoms with Crippen molar-refractivity contribution in [2.45, 2.75) is 57.0 Å². The van der Waals surface area contributed by atoms with Crippen molar-refractivity contribution in [1.82, 2.24) is 10.2 Å². The van der Waals surface area contributed by atoms with Gasteiger partial charge in [-0.1, -0.05) is 61.9 Å². The predicted octanol–water partition coefficient (Wildman–Crippen LogP) is 4.41. The van der Waals surface area contributed by atoms with Gasteiger partial charge in [0.15, 0.2) is 0 Å². The Bertz CT molecular complexity index is 1090. The third kappa shape index (κ3) is 4.51. The minimum Gasteiger partial charge on any atom is -0.480 e. The van der Waals surface area contributed by atoms with E-state index in [1.54, 1.807) is 0 Å². The first kappa shape index (κ1) is 23.4. The van der Waals surface area contributed by atoms with Gasteiger partial charge < -0.3 is 20.1 Å². The van der Waals surface area contributed by atoms with Crippen LogP contribution in [0.15, 0.2) is 48.5 Å². The van der Waals surface area contributed by atoms with Gasteiger partial charge in [0.25, 0.3) is 0 Å². The lowest BCUT2D eigenvalue weighted by Gasteiger charge is -2.33. The lowest BCUT2D eigenvalue weighted by Crippen LogP contribution is -2.48. The standard InChI is InChI=1S/C28H32N2O5/c1-17-13-14-30(25(17)27(32)33)26(31)18-7-6-8-19(15-18)29-28(34)35-16-24-22-11-4-2-9-20(22)21-10-3-5-12-23(21)24/h2-5,9-12,17-19,24-25H,6-8,13-16H2,1H3,(H,29,34)(H,32,33)/t17?,18-,19+,25?/m0/s1. The molecule has 1 saturated carbocycles. The highest BCUT2D eigenvalue weighted by Gasteiger charge is 2.42. The number of carboxylic acid groups (broad SMARTS) is 1. The van der Waals surface area contributed by atoms with Crippen LogP contribution in [0.3, 0.4) is 0 Å². The Balaban J connectivity index is 1.18. The number of hydrogen-bond acceptors (Lipinski definition) is 4. The zero-order valence-corrected chi connectivity index (χ0v) is 20.0. The molecule has 2 fully saturated rings. The lowest BCUT2D eigenvalue weighted by atomic mass is 9.84. The van der Waals surface area contributed by atoms with Crippen LogP contribution < -0.4 is 5.32 Å². The van der Waals surface area contributed by atoms with Gasteiger partial charge in [-0.25, -0.2) is 9.59 Å². The average molecular weight is 477 g/mol. The maximum Gasteiger partial charge on any atom is 0.407 e. The molecule has 1 saturated heterocycles. The minimum atomic E-state index is -0.938. The summed E-state index contributed by atoms with van der Waals surface area (Å²) in [4.78, 5) is 39.1. The van der Waals surface area contributed by atoms with Gasteiger partial charge in [-0.05, 0) is 53.9 Å². The van der Waals surface area contributed by atoms with Crippen LogP contribution in [0, 0.1) is 11.8 Å². The number of fused-ring (bicyclic) bond motifs is 3. The van der Waals surface area contributed by atoms with Crippen molar-refractivity contribution in [2.24, 2.45) is 11.8 Å². The molecule has 1 heterocycles. The molecule has 7 heteroatoms. The van der Waals surface area contributed by atoms with Gasteiger partial charge in [0.05, 0.1) is 0 Å². The van der Waals surface area contributed by atoms with Crippen molar-refractivity contribution in [2.75, 3.05) is 13.2 Å². The van der Waals surface area contributed by atoms with Crippen LogP contribution in [-0.4, -0.2) is 53.2 Å². The first-order chi connectivity index (χ1) is 16.9.